The van der Waals surface area contributed by atoms with E-state index in [9.17, 15) is 26.2 Å². The third kappa shape index (κ3) is 11.1. The number of rotatable bonds is 6. The summed E-state index contributed by atoms with van der Waals surface area (Å²) in [6.45, 7) is 10.1. The van der Waals surface area contributed by atoms with Gasteiger partial charge < -0.3 is 15.0 Å². The summed E-state index contributed by atoms with van der Waals surface area (Å²) in [4.78, 5) is 11.3. The zero-order valence-electron chi connectivity index (χ0n) is 17.9. The molecule has 1 aromatic rings. The van der Waals surface area contributed by atoms with E-state index < -0.39 is 42.8 Å². The van der Waals surface area contributed by atoms with Gasteiger partial charge in [0.1, 0.15) is 20.1 Å². The highest BCUT2D eigenvalue weighted by Crippen LogP contribution is 2.18. The van der Waals surface area contributed by atoms with Crippen LogP contribution in [0.2, 0.25) is 0 Å². The summed E-state index contributed by atoms with van der Waals surface area (Å²) in [6.07, 6.45) is 1.04. The van der Waals surface area contributed by atoms with Crippen molar-refractivity contribution < 1.29 is 30.9 Å². The second-order valence-corrected chi connectivity index (χ2v) is 12.3. The first-order valence-electron chi connectivity index (χ1n) is 8.97. The second kappa shape index (κ2) is 11.2. The standard InChI is InChI=1S/C12H22ClNO4S.C7H8O3S/c1-8(2)19(16,17)10(13)6-9(14)7-11(15)18-12(3,4)5;1-6-2-4-7(5-3-6)11(8,9)10/h6,8-9H,7,14H2,1-5H3;2-5H,1H3,(H,8,9,10)/p-1/b10-6+;. The van der Waals surface area contributed by atoms with Crippen molar-refractivity contribution >= 4 is 37.5 Å². The molecule has 0 radical (unpaired) electrons. The van der Waals surface area contributed by atoms with E-state index in [1.54, 1.807) is 32.9 Å². The van der Waals surface area contributed by atoms with Gasteiger partial charge in [0.15, 0.2) is 9.84 Å². The Morgan fingerprint density at radius 3 is 2.00 bits per heavy atom. The summed E-state index contributed by atoms with van der Waals surface area (Å²) >= 11 is 5.72. The molecule has 1 rings (SSSR count). The molecule has 11 heteroatoms. The lowest BCUT2D eigenvalue weighted by molar-refractivity contribution is -0.154. The molecule has 0 aliphatic heterocycles. The number of halogens is 1. The van der Waals surface area contributed by atoms with Crippen molar-refractivity contribution in [2.45, 2.75) is 69.8 Å². The van der Waals surface area contributed by atoms with E-state index in [2.05, 4.69) is 0 Å². The number of benzene rings is 1. The lowest BCUT2D eigenvalue weighted by atomic mass is 10.2. The molecule has 0 saturated carbocycles. The summed E-state index contributed by atoms with van der Waals surface area (Å²) < 4.78 is 59.3. The molecular formula is C19H29ClNO7S2-. The van der Waals surface area contributed by atoms with Gasteiger partial charge in [0.25, 0.3) is 0 Å². The molecule has 0 aliphatic carbocycles. The smallest absolute Gasteiger partial charge is 0.308 e. The molecule has 8 nitrogen and oxygen atoms in total. The normalized spacial score (nSPS) is 14.0. The van der Waals surface area contributed by atoms with Crippen molar-refractivity contribution in [1.29, 1.82) is 0 Å². The zero-order valence-corrected chi connectivity index (χ0v) is 20.3. The van der Waals surface area contributed by atoms with Crippen LogP contribution in [0.3, 0.4) is 0 Å². The average molecular weight is 483 g/mol. The van der Waals surface area contributed by atoms with Gasteiger partial charge in [-0.3, -0.25) is 4.79 Å². The highest BCUT2D eigenvalue weighted by Gasteiger charge is 2.23. The van der Waals surface area contributed by atoms with Crippen LogP contribution in [-0.2, 0) is 29.5 Å². The lowest BCUT2D eigenvalue weighted by Gasteiger charge is -2.20. The van der Waals surface area contributed by atoms with Crippen LogP contribution < -0.4 is 5.73 Å². The van der Waals surface area contributed by atoms with E-state index in [1.807, 2.05) is 6.92 Å². The Kier molecular flexibility index (Phi) is 10.7. The largest absolute Gasteiger partial charge is 0.744 e. The van der Waals surface area contributed by atoms with Crippen LogP contribution in [0.4, 0.5) is 0 Å². The zero-order chi connectivity index (χ0) is 23.9. The number of carbonyl (C=O) groups excluding carboxylic acids is 1. The second-order valence-electron chi connectivity index (χ2n) is 7.79. The molecule has 30 heavy (non-hydrogen) atoms. The Bertz CT molecular complexity index is 946. The van der Waals surface area contributed by atoms with E-state index in [-0.39, 0.29) is 15.7 Å². The molecule has 1 unspecified atom stereocenters. The third-order valence-electron chi connectivity index (χ3n) is 3.37. The van der Waals surface area contributed by atoms with E-state index in [4.69, 9.17) is 22.1 Å². The molecule has 0 fully saturated rings. The molecule has 2 N–H and O–H groups in total. The number of sulfone groups is 1. The Hall–Kier alpha value is -1.46. The molecule has 0 amide bonds. The predicted octanol–water partition coefficient (Wildman–Crippen LogP) is 2.85. The van der Waals surface area contributed by atoms with Gasteiger partial charge in [0, 0.05) is 6.04 Å². The van der Waals surface area contributed by atoms with Crippen molar-refractivity contribution in [3.63, 3.8) is 0 Å². The summed E-state index contributed by atoms with van der Waals surface area (Å²) in [7, 11) is -7.82. The summed E-state index contributed by atoms with van der Waals surface area (Å²) in [5, 5.41) is -0.634. The van der Waals surface area contributed by atoms with Crippen LogP contribution >= 0.6 is 11.6 Å². The molecule has 0 saturated heterocycles. The van der Waals surface area contributed by atoms with E-state index in [0.717, 1.165) is 5.56 Å². The molecule has 0 spiro atoms. The SMILES string of the molecule is CC(C)S(=O)(=O)/C(Cl)=C/C(N)CC(=O)OC(C)(C)C.Cc1ccc(S(=O)(=O)[O-])cc1. The Labute approximate surface area is 184 Å². The van der Waals surface area contributed by atoms with Crippen LogP contribution in [0.5, 0.6) is 0 Å². The number of aryl methyl sites for hydroxylation is 1. The number of hydrogen-bond acceptors (Lipinski definition) is 8. The minimum atomic E-state index is -4.27. The molecule has 1 atom stereocenters. The van der Waals surface area contributed by atoms with Gasteiger partial charge in [0.2, 0.25) is 0 Å². The van der Waals surface area contributed by atoms with E-state index in [0.29, 0.717) is 0 Å². The summed E-state index contributed by atoms with van der Waals surface area (Å²) in [5.74, 6) is -0.498. The first kappa shape index (κ1) is 28.5. The summed E-state index contributed by atoms with van der Waals surface area (Å²) in [6, 6.07) is 4.99. The fourth-order valence-electron chi connectivity index (χ4n) is 1.83. The number of nitrogens with two attached hydrogens (primary N) is 1. The molecule has 1 aromatic carbocycles. The van der Waals surface area contributed by atoms with Gasteiger partial charge in [-0.25, -0.2) is 16.8 Å². The van der Waals surface area contributed by atoms with Gasteiger partial charge >= 0.3 is 5.97 Å². The molecule has 172 valence electrons. The first-order chi connectivity index (χ1) is 13.4. The Morgan fingerprint density at radius 2 is 1.63 bits per heavy atom. The maximum absolute atomic E-state index is 11.7. The van der Waals surface area contributed by atoms with Crippen molar-refractivity contribution in [2.75, 3.05) is 0 Å². The number of ether oxygens (including phenoxy) is 1. The summed E-state index contributed by atoms with van der Waals surface area (Å²) in [5.41, 5.74) is 5.99. The van der Waals surface area contributed by atoms with Gasteiger partial charge in [0.05, 0.1) is 16.6 Å². The molecule has 0 bridgehead atoms. The molecule has 0 aromatic heterocycles. The quantitative estimate of drug-likeness (QED) is 0.481. The van der Waals surface area contributed by atoms with Crippen LogP contribution in [-0.4, -0.2) is 44.3 Å². The first-order valence-corrected chi connectivity index (χ1v) is 12.3. The van der Waals surface area contributed by atoms with Crippen molar-refractivity contribution in [3.05, 3.63) is 40.3 Å². The fourth-order valence-corrected chi connectivity index (χ4v) is 3.81. The van der Waals surface area contributed by atoms with Crippen LogP contribution in [0, 0.1) is 6.92 Å². The number of hydrogen-bond donors (Lipinski definition) is 1. The van der Waals surface area contributed by atoms with E-state index >= 15 is 0 Å². The maximum atomic E-state index is 11.7. The Balaban J connectivity index is 0.000000642. The predicted molar refractivity (Wildman–Crippen MR) is 116 cm³/mol. The van der Waals surface area contributed by atoms with Crippen molar-refractivity contribution in [1.82, 2.24) is 0 Å². The van der Waals surface area contributed by atoms with E-state index in [1.165, 1.54) is 32.1 Å². The van der Waals surface area contributed by atoms with Crippen LogP contribution in [0.1, 0.15) is 46.6 Å². The lowest BCUT2D eigenvalue weighted by Crippen LogP contribution is -2.29. The minimum absolute atomic E-state index is 0.124. The molecular weight excluding hydrogens is 454 g/mol. The van der Waals surface area contributed by atoms with Crippen molar-refractivity contribution in [3.8, 4) is 0 Å². The van der Waals surface area contributed by atoms with Crippen LogP contribution in [0.15, 0.2) is 39.6 Å². The molecule has 0 aliphatic rings. The number of esters is 1. The third-order valence-corrected chi connectivity index (χ3v) is 6.91. The topological polar surface area (TPSA) is 144 Å². The van der Waals surface area contributed by atoms with Gasteiger partial charge in [-0.05, 0) is 59.8 Å². The highest BCUT2D eigenvalue weighted by atomic mass is 35.5. The van der Waals surface area contributed by atoms with Gasteiger partial charge in [-0.2, -0.15) is 0 Å². The Morgan fingerprint density at radius 1 is 1.17 bits per heavy atom. The number of carbonyl (C=O) groups is 1. The molecule has 0 heterocycles. The average Bonchev–Trinajstić information content (AvgIpc) is 2.52. The highest BCUT2D eigenvalue weighted by molar-refractivity contribution is 7.97. The van der Waals surface area contributed by atoms with Gasteiger partial charge in [-0.1, -0.05) is 29.3 Å². The minimum Gasteiger partial charge on any atom is -0.744 e. The van der Waals surface area contributed by atoms with Gasteiger partial charge in [-0.15, -0.1) is 0 Å². The van der Waals surface area contributed by atoms with Crippen LogP contribution in [0.25, 0.3) is 0 Å². The monoisotopic (exact) mass is 482 g/mol. The maximum Gasteiger partial charge on any atom is 0.308 e. The fraction of sp³-hybridized carbons (Fsp3) is 0.526. The van der Waals surface area contributed by atoms with Crippen molar-refractivity contribution in [2.24, 2.45) is 5.73 Å².